The van der Waals surface area contributed by atoms with Crippen LogP contribution in [0.15, 0.2) is 33.8 Å². The average Bonchev–Trinajstić information content (AvgIpc) is 2.67. The van der Waals surface area contributed by atoms with Crippen LogP contribution < -0.4 is 5.32 Å². The van der Waals surface area contributed by atoms with Gasteiger partial charge in [-0.1, -0.05) is 5.16 Å². The van der Waals surface area contributed by atoms with Gasteiger partial charge < -0.3 is 9.84 Å². The highest BCUT2D eigenvalue weighted by Crippen LogP contribution is 2.10. The first-order valence-electron chi connectivity index (χ1n) is 3.95. The topological polar surface area (TPSA) is 63.8 Å². The molecule has 0 atom stereocenters. The summed E-state index contributed by atoms with van der Waals surface area (Å²) in [5.74, 6) is 0.745. The van der Waals surface area contributed by atoms with E-state index in [4.69, 9.17) is 4.52 Å². The lowest BCUT2D eigenvalue weighted by molar-refractivity contribution is 0.412. The van der Waals surface area contributed by atoms with E-state index in [2.05, 4.69) is 36.4 Å². The third kappa shape index (κ3) is 2.29. The number of halogens is 1. The van der Waals surface area contributed by atoms with Gasteiger partial charge in [-0.2, -0.15) is 0 Å². The molecule has 14 heavy (non-hydrogen) atoms. The molecule has 2 aromatic heterocycles. The van der Waals surface area contributed by atoms with Crippen LogP contribution >= 0.6 is 15.9 Å². The van der Waals surface area contributed by atoms with Crippen LogP contribution in [-0.2, 0) is 6.54 Å². The number of anilines is 1. The summed E-state index contributed by atoms with van der Waals surface area (Å²) in [5.41, 5.74) is 0.833. The van der Waals surface area contributed by atoms with E-state index in [0.29, 0.717) is 6.54 Å². The predicted octanol–water partition coefficient (Wildman–Crippen LogP) is 1.84. The monoisotopic (exact) mass is 254 g/mol. The molecule has 0 unspecified atom stereocenters. The standard InChI is InChI=1S/C8H7BrN4O/c9-7-3-8(12-5-11-7)10-4-6-1-2-14-13-6/h1-3,5H,4H2,(H,10,11,12). The van der Waals surface area contributed by atoms with Crippen molar-refractivity contribution in [3.05, 3.63) is 35.0 Å². The molecule has 0 aliphatic heterocycles. The zero-order valence-electron chi connectivity index (χ0n) is 7.14. The Morgan fingerprint density at radius 2 is 2.36 bits per heavy atom. The SMILES string of the molecule is Brc1cc(NCc2ccon2)ncn1. The van der Waals surface area contributed by atoms with Crippen molar-refractivity contribution < 1.29 is 4.52 Å². The maximum atomic E-state index is 4.69. The van der Waals surface area contributed by atoms with E-state index in [1.807, 2.05) is 0 Å². The summed E-state index contributed by atoms with van der Waals surface area (Å²) in [5, 5.41) is 6.85. The van der Waals surface area contributed by atoms with Crippen molar-refractivity contribution in [2.45, 2.75) is 6.54 Å². The molecule has 6 heteroatoms. The fourth-order valence-electron chi connectivity index (χ4n) is 0.940. The lowest BCUT2D eigenvalue weighted by Crippen LogP contribution is -2.01. The molecule has 72 valence electrons. The molecule has 0 saturated heterocycles. The summed E-state index contributed by atoms with van der Waals surface area (Å²) in [4.78, 5) is 7.94. The minimum absolute atomic E-state index is 0.583. The molecule has 2 heterocycles. The lowest BCUT2D eigenvalue weighted by Gasteiger charge is -2.01. The van der Waals surface area contributed by atoms with Crippen LogP contribution in [0.25, 0.3) is 0 Å². The molecular formula is C8H7BrN4O. The molecule has 5 nitrogen and oxygen atoms in total. The quantitative estimate of drug-likeness (QED) is 0.848. The van der Waals surface area contributed by atoms with Crippen LogP contribution in [0.3, 0.4) is 0 Å². The Labute approximate surface area is 88.7 Å². The zero-order valence-corrected chi connectivity index (χ0v) is 8.73. The first kappa shape index (κ1) is 9.14. The molecule has 0 fully saturated rings. The number of nitrogens with zero attached hydrogens (tertiary/aromatic N) is 3. The van der Waals surface area contributed by atoms with Gasteiger partial charge in [0.15, 0.2) is 0 Å². The van der Waals surface area contributed by atoms with Gasteiger partial charge in [0, 0.05) is 12.1 Å². The Morgan fingerprint density at radius 3 is 3.07 bits per heavy atom. The molecule has 2 aromatic rings. The molecule has 0 saturated carbocycles. The van der Waals surface area contributed by atoms with Gasteiger partial charge in [-0.3, -0.25) is 0 Å². The van der Waals surface area contributed by atoms with Crippen LogP contribution in [0.5, 0.6) is 0 Å². The van der Waals surface area contributed by atoms with Gasteiger partial charge in [0.1, 0.15) is 28.7 Å². The summed E-state index contributed by atoms with van der Waals surface area (Å²) in [6, 6.07) is 3.59. The fourth-order valence-corrected chi connectivity index (χ4v) is 1.25. The van der Waals surface area contributed by atoms with Gasteiger partial charge in [-0.25, -0.2) is 9.97 Å². The molecule has 0 radical (unpaired) electrons. The maximum Gasteiger partial charge on any atom is 0.130 e. The second kappa shape index (κ2) is 4.19. The number of rotatable bonds is 3. The highest BCUT2D eigenvalue weighted by Gasteiger charge is 1.98. The molecule has 0 spiro atoms. The predicted molar refractivity (Wildman–Crippen MR) is 53.6 cm³/mol. The number of aromatic nitrogens is 3. The van der Waals surface area contributed by atoms with Crippen molar-refractivity contribution in [2.24, 2.45) is 0 Å². The summed E-state index contributed by atoms with van der Waals surface area (Å²) >= 11 is 3.26. The average molecular weight is 255 g/mol. The van der Waals surface area contributed by atoms with E-state index < -0.39 is 0 Å². The van der Waals surface area contributed by atoms with Crippen molar-refractivity contribution >= 4 is 21.7 Å². The third-order valence-electron chi connectivity index (χ3n) is 1.58. The largest absolute Gasteiger partial charge is 0.364 e. The van der Waals surface area contributed by atoms with E-state index in [-0.39, 0.29) is 0 Å². The second-order valence-electron chi connectivity index (χ2n) is 2.57. The van der Waals surface area contributed by atoms with Gasteiger partial charge in [0.25, 0.3) is 0 Å². The number of hydrogen-bond donors (Lipinski definition) is 1. The van der Waals surface area contributed by atoms with E-state index in [0.717, 1.165) is 16.1 Å². The second-order valence-corrected chi connectivity index (χ2v) is 3.38. The minimum atomic E-state index is 0.583. The van der Waals surface area contributed by atoms with Crippen LogP contribution in [0.1, 0.15) is 5.69 Å². The molecule has 2 rings (SSSR count). The molecular weight excluding hydrogens is 248 g/mol. The van der Waals surface area contributed by atoms with Gasteiger partial charge in [0.05, 0.1) is 6.54 Å². The Kier molecular flexibility index (Phi) is 2.73. The van der Waals surface area contributed by atoms with E-state index >= 15 is 0 Å². The van der Waals surface area contributed by atoms with Gasteiger partial charge >= 0.3 is 0 Å². The number of hydrogen-bond acceptors (Lipinski definition) is 5. The highest BCUT2D eigenvalue weighted by molar-refractivity contribution is 9.10. The molecule has 0 amide bonds. The van der Waals surface area contributed by atoms with Crippen LogP contribution in [0, 0.1) is 0 Å². The summed E-state index contributed by atoms with van der Waals surface area (Å²) in [7, 11) is 0. The summed E-state index contributed by atoms with van der Waals surface area (Å²) in [6.45, 7) is 0.583. The molecule has 0 aliphatic rings. The Bertz CT molecular complexity index is 403. The highest BCUT2D eigenvalue weighted by atomic mass is 79.9. The minimum Gasteiger partial charge on any atom is -0.364 e. The van der Waals surface area contributed by atoms with Crippen LogP contribution in [0.2, 0.25) is 0 Å². The Morgan fingerprint density at radius 1 is 1.43 bits per heavy atom. The van der Waals surface area contributed by atoms with Crippen molar-refractivity contribution in [1.29, 1.82) is 0 Å². The molecule has 0 bridgehead atoms. The van der Waals surface area contributed by atoms with Crippen molar-refractivity contribution in [1.82, 2.24) is 15.1 Å². The zero-order chi connectivity index (χ0) is 9.80. The fraction of sp³-hybridized carbons (Fsp3) is 0.125. The first-order valence-corrected chi connectivity index (χ1v) is 4.74. The lowest BCUT2D eigenvalue weighted by atomic mass is 10.4. The van der Waals surface area contributed by atoms with Crippen molar-refractivity contribution in [2.75, 3.05) is 5.32 Å². The normalized spacial score (nSPS) is 10.1. The first-order chi connectivity index (χ1) is 6.84. The summed E-state index contributed by atoms with van der Waals surface area (Å²) < 4.78 is 5.44. The smallest absolute Gasteiger partial charge is 0.130 e. The van der Waals surface area contributed by atoms with E-state index in [9.17, 15) is 0 Å². The van der Waals surface area contributed by atoms with E-state index in [1.165, 1.54) is 12.6 Å². The summed E-state index contributed by atoms with van der Waals surface area (Å²) in [6.07, 6.45) is 3.02. The Hall–Kier alpha value is -1.43. The van der Waals surface area contributed by atoms with Gasteiger partial charge in [-0.15, -0.1) is 0 Å². The van der Waals surface area contributed by atoms with Crippen LogP contribution in [-0.4, -0.2) is 15.1 Å². The van der Waals surface area contributed by atoms with Crippen molar-refractivity contribution in [3.63, 3.8) is 0 Å². The Balaban J connectivity index is 1.98. The van der Waals surface area contributed by atoms with Crippen LogP contribution in [0.4, 0.5) is 5.82 Å². The maximum absolute atomic E-state index is 4.69. The van der Waals surface area contributed by atoms with Gasteiger partial charge in [0.2, 0.25) is 0 Å². The van der Waals surface area contributed by atoms with Gasteiger partial charge in [-0.05, 0) is 15.9 Å². The molecule has 1 N–H and O–H groups in total. The molecule has 0 aromatic carbocycles. The number of nitrogens with one attached hydrogen (secondary N) is 1. The third-order valence-corrected chi connectivity index (χ3v) is 2.01. The van der Waals surface area contributed by atoms with Crippen molar-refractivity contribution in [3.8, 4) is 0 Å². The molecule has 0 aliphatic carbocycles. The van der Waals surface area contributed by atoms with E-state index in [1.54, 1.807) is 12.1 Å².